The fraction of sp³-hybridized carbons (Fsp3) is 0. The molecule has 1 aliphatic heterocycles. The van der Waals surface area contributed by atoms with E-state index in [2.05, 4.69) is 168 Å². The van der Waals surface area contributed by atoms with Crippen LogP contribution < -0.4 is 9.80 Å². The molecule has 7 aromatic carbocycles. The SMILES string of the molecule is c1ccc(N(c2ccccc2)c2cc(N(c3ccccc3)c3cccc4c3oc3ccccc34)cc3c2Sc2ccccc2S3)cc1. The molecule has 0 aliphatic carbocycles. The first kappa shape index (κ1) is 27.9. The molecule has 0 saturated carbocycles. The molecule has 0 N–H and O–H groups in total. The van der Waals surface area contributed by atoms with Crippen molar-refractivity contribution in [3.8, 4) is 0 Å². The Labute approximate surface area is 282 Å². The second-order valence-electron chi connectivity index (χ2n) is 11.4. The predicted octanol–water partition coefficient (Wildman–Crippen LogP) is 13.1. The van der Waals surface area contributed by atoms with Crippen molar-refractivity contribution in [1.29, 1.82) is 0 Å². The summed E-state index contributed by atoms with van der Waals surface area (Å²) in [6.07, 6.45) is 0. The van der Waals surface area contributed by atoms with Crippen LogP contribution in [0, 0.1) is 0 Å². The number of fused-ring (bicyclic) bond motifs is 5. The third-order valence-corrected chi connectivity index (χ3v) is 11.1. The molecule has 224 valence electrons. The van der Waals surface area contributed by atoms with Gasteiger partial charge in [0, 0.05) is 48.2 Å². The van der Waals surface area contributed by atoms with E-state index in [1.807, 2.05) is 35.7 Å². The van der Waals surface area contributed by atoms with Crippen LogP contribution in [0.1, 0.15) is 0 Å². The molecule has 0 fully saturated rings. The lowest BCUT2D eigenvalue weighted by molar-refractivity contribution is 0.669. The van der Waals surface area contributed by atoms with Crippen LogP contribution >= 0.6 is 23.5 Å². The fourth-order valence-electron chi connectivity index (χ4n) is 6.39. The molecule has 3 nitrogen and oxygen atoms in total. The van der Waals surface area contributed by atoms with Crippen molar-refractivity contribution in [3.05, 3.63) is 170 Å². The summed E-state index contributed by atoms with van der Waals surface area (Å²) in [6.45, 7) is 0. The number of furan rings is 1. The van der Waals surface area contributed by atoms with E-state index in [1.54, 1.807) is 0 Å². The predicted molar refractivity (Wildman–Crippen MR) is 198 cm³/mol. The number of hydrogen-bond acceptors (Lipinski definition) is 5. The normalized spacial score (nSPS) is 12.1. The van der Waals surface area contributed by atoms with E-state index < -0.39 is 0 Å². The summed E-state index contributed by atoms with van der Waals surface area (Å²) in [5.41, 5.74) is 8.20. The van der Waals surface area contributed by atoms with Gasteiger partial charge < -0.3 is 14.2 Å². The monoisotopic (exact) mass is 640 g/mol. The molecule has 47 heavy (non-hydrogen) atoms. The molecule has 0 spiro atoms. The molecule has 5 heteroatoms. The van der Waals surface area contributed by atoms with Crippen molar-refractivity contribution < 1.29 is 4.42 Å². The van der Waals surface area contributed by atoms with Crippen LogP contribution in [0.5, 0.6) is 0 Å². The second-order valence-corrected chi connectivity index (χ2v) is 13.5. The van der Waals surface area contributed by atoms with Crippen LogP contribution in [0.25, 0.3) is 21.9 Å². The van der Waals surface area contributed by atoms with Crippen LogP contribution in [0.2, 0.25) is 0 Å². The van der Waals surface area contributed by atoms with Gasteiger partial charge in [0.25, 0.3) is 0 Å². The number of nitrogens with zero attached hydrogens (tertiary/aromatic N) is 2. The average molecular weight is 641 g/mol. The zero-order valence-electron chi connectivity index (χ0n) is 25.3. The maximum absolute atomic E-state index is 6.62. The van der Waals surface area contributed by atoms with E-state index >= 15 is 0 Å². The van der Waals surface area contributed by atoms with Crippen LogP contribution in [0.15, 0.2) is 194 Å². The van der Waals surface area contributed by atoms with Gasteiger partial charge in [-0.3, -0.25) is 0 Å². The van der Waals surface area contributed by atoms with Crippen molar-refractivity contribution >= 4 is 79.6 Å². The molecule has 1 aliphatic rings. The van der Waals surface area contributed by atoms with Gasteiger partial charge in [0.2, 0.25) is 0 Å². The average Bonchev–Trinajstić information content (AvgIpc) is 3.52. The maximum atomic E-state index is 6.62. The number of anilines is 6. The van der Waals surface area contributed by atoms with Gasteiger partial charge in [-0.1, -0.05) is 121 Å². The second kappa shape index (κ2) is 11.8. The van der Waals surface area contributed by atoms with E-state index in [0.29, 0.717) is 0 Å². The summed E-state index contributed by atoms with van der Waals surface area (Å²) in [7, 11) is 0. The van der Waals surface area contributed by atoms with Crippen molar-refractivity contribution in [1.82, 2.24) is 0 Å². The summed E-state index contributed by atoms with van der Waals surface area (Å²) >= 11 is 3.68. The molecular formula is C42H28N2OS2. The lowest BCUT2D eigenvalue weighted by Crippen LogP contribution is -2.15. The Kier molecular flexibility index (Phi) is 6.99. The number of rotatable bonds is 6. The van der Waals surface area contributed by atoms with E-state index in [0.717, 1.165) is 56.1 Å². The Morgan fingerprint density at radius 2 is 0.915 bits per heavy atom. The fourth-order valence-corrected chi connectivity index (χ4v) is 8.77. The van der Waals surface area contributed by atoms with Gasteiger partial charge >= 0.3 is 0 Å². The van der Waals surface area contributed by atoms with Gasteiger partial charge in [-0.15, -0.1) is 0 Å². The van der Waals surface area contributed by atoms with Crippen molar-refractivity contribution in [3.63, 3.8) is 0 Å². The minimum Gasteiger partial charge on any atom is -0.454 e. The zero-order valence-corrected chi connectivity index (χ0v) is 26.9. The van der Waals surface area contributed by atoms with Gasteiger partial charge in [-0.2, -0.15) is 0 Å². The van der Waals surface area contributed by atoms with Gasteiger partial charge in [0.05, 0.1) is 16.3 Å². The first-order chi connectivity index (χ1) is 23.3. The summed E-state index contributed by atoms with van der Waals surface area (Å²) in [5.74, 6) is 0. The first-order valence-electron chi connectivity index (χ1n) is 15.6. The van der Waals surface area contributed by atoms with E-state index in [9.17, 15) is 0 Å². The molecular weight excluding hydrogens is 613 g/mol. The van der Waals surface area contributed by atoms with Crippen molar-refractivity contribution in [2.45, 2.75) is 19.6 Å². The van der Waals surface area contributed by atoms with E-state index in [-0.39, 0.29) is 0 Å². The van der Waals surface area contributed by atoms with Crippen LogP contribution in [0.4, 0.5) is 34.1 Å². The minimum absolute atomic E-state index is 0.868. The van der Waals surface area contributed by atoms with Crippen molar-refractivity contribution in [2.24, 2.45) is 0 Å². The third-order valence-electron chi connectivity index (χ3n) is 8.47. The molecule has 0 radical (unpaired) electrons. The number of para-hydroxylation sites is 5. The zero-order chi connectivity index (χ0) is 31.2. The molecule has 2 heterocycles. The largest absolute Gasteiger partial charge is 0.454 e. The van der Waals surface area contributed by atoms with Gasteiger partial charge in [0.1, 0.15) is 5.58 Å². The molecule has 0 amide bonds. The van der Waals surface area contributed by atoms with Gasteiger partial charge in [0.15, 0.2) is 5.58 Å². The lowest BCUT2D eigenvalue weighted by atomic mass is 10.1. The Balaban J connectivity index is 1.34. The summed E-state index contributed by atoms with van der Waals surface area (Å²) < 4.78 is 6.62. The highest BCUT2D eigenvalue weighted by Gasteiger charge is 2.28. The topological polar surface area (TPSA) is 19.6 Å². The smallest absolute Gasteiger partial charge is 0.159 e. The van der Waals surface area contributed by atoms with E-state index in [1.165, 1.54) is 19.6 Å². The Morgan fingerprint density at radius 1 is 0.383 bits per heavy atom. The van der Waals surface area contributed by atoms with Gasteiger partial charge in [-0.05, 0) is 72.8 Å². The Hall–Kier alpha value is -5.36. The quantitative estimate of drug-likeness (QED) is 0.180. The van der Waals surface area contributed by atoms with Crippen LogP contribution in [-0.2, 0) is 0 Å². The van der Waals surface area contributed by atoms with Gasteiger partial charge in [-0.25, -0.2) is 0 Å². The summed E-state index contributed by atoms with van der Waals surface area (Å²) in [6, 6.07) is 60.1. The lowest BCUT2D eigenvalue weighted by Gasteiger charge is -2.33. The van der Waals surface area contributed by atoms with Crippen LogP contribution in [0.3, 0.4) is 0 Å². The summed E-state index contributed by atoms with van der Waals surface area (Å²) in [5, 5.41) is 2.22. The van der Waals surface area contributed by atoms with E-state index in [4.69, 9.17) is 4.42 Å². The summed E-state index contributed by atoms with van der Waals surface area (Å²) in [4.78, 5) is 9.72. The molecule has 9 rings (SSSR count). The molecule has 8 aromatic rings. The molecule has 0 saturated heterocycles. The highest BCUT2D eigenvalue weighted by molar-refractivity contribution is 8.05. The number of hydrogen-bond donors (Lipinski definition) is 0. The minimum atomic E-state index is 0.868. The molecule has 1 aromatic heterocycles. The van der Waals surface area contributed by atoms with Crippen molar-refractivity contribution in [2.75, 3.05) is 9.80 Å². The molecule has 0 unspecified atom stereocenters. The molecule has 0 atom stereocenters. The first-order valence-corrected chi connectivity index (χ1v) is 17.2. The third kappa shape index (κ3) is 4.96. The Bertz CT molecular complexity index is 2330. The number of benzene rings is 7. The van der Waals surface area contributed by atoms with Crippen LogP contribution in [-0.4, -0.2) is 0 Å². The molecule has 0 bridgehead atoms. The highest BCUT2D eigenvalue weighted by atomic mass is 32.2. The highest BCUT2D eigenvalue weighted by Crippen LogP contribution is 2.56. The Morgan fingerprint density at radius 3 is 1.57 bits per heavy atom. The standard InChI is InChI=1S/C42H28N2OS2/c1-4-15-29(16-5-1)43(30-17-6-2-7-18-30)36-27-32(28-40-42(36)47-39-26-13-12-25-38(39)46-40)44(31-19-8-3-9-20-31)35-23-14-22-34-33-21-10-11-24-37(33)45-41(34)35/h1-28H. The maximum Gasteiger partial charge on any atom is 0.159 e.